The third-order valence-electron chi connectivity index (χ3n) is 6.15. The van der Waals surface area contributed by atoms with Crippen LogP contribution in [0.5, 0.6) is 0 Å². The summed E-state index contributed by atoms with van der Waals surface area (Å²) in [6.07, 6.45) is 3.92. The maximum Gasteiger partial charge on any atom is 0.338 e. The molecule has 0 saturated carbocycles. The molecule has 0 spiro atoms. The third kappa shape index (κ3) is 3.93. The van der Waals surface area contributed by atoms with Crippen LogP contribution in [0.1, 0.15) is 37.9 Å². The van der Waals surface area contributed by atoms with Crippen molar-refractivity contribution in [3.8, 4) is 0 Å². The summed E-state index contributed by atoms with van der Waals surface area (Å²) in [5.41, 5.74) is 3.14. The Morgan fingerprint density at radius 1 is 1.17 bits per heavy atom. The number of rotatable bonds is 5. The van der Waals surface area contributed by atoms with Gasteiger partial charge in [-0.3, -0.25) is 9.36 Å². The SMILES string of the molecule is CCOC(=O)C1=C(C)N=c2s/c(=C\c3cn(CC)c4ccccc34)c(=O)n2[C@H]1c1ccc(F)cc1. The van der Waals surface area contributed by atoms with Crippen molar-refractivity contribution in [3.05, 3.63) is 103 Å². The number of carbonyl (C=O) groups is 1. The topological polar surface area (TPSA) is 65.6 Å². The van der Waals surface area contributed by atoms with Gasteiger partial charge in [0.05, 0.1) is 28.5 Å². The van der Waals surface area contributed by atoms with E-state index in [-0.39, 0.29) is 17.7 Å². The lowest BCUT2D eigenvalue weighted by Gasteiger charge is -2.24. The van der Waals surface area contributed by atoms with E-state index >= 15 is 0 Å². The van der Waals surface area contributed by atoms with Crippen molar-refractivity contribution in [2.45, 2.75) is 33.4 Å². The first-order valence-electron chi connectivity index (χ1n) is 11.5. The van der Waals surface area contributed by atoms with E-state index in [2.05, 4.69) is 22.5 Å². The van der Waals surface area contributed by atoms with E-state index in [1.165, 1.54) is 28.0 Å². The molecule has 0 amide bonds. The number of para-hydroxylation sites is 1. The van der Waals surface area contributed by atoms with Gasteiger partial charge in [-0.25, -0.2) is 14.2 Å². The Morgan fingerprint density at radius 2 is 1.91 bits per heavy atom. The minimum Gasteiger partial charge on any atom is -0.463 e. The fourth-order valence-corrected chi connectivity index (χ4v) is 5.58. The molecular weight excluding hydrogens is 465 g/mol. The monoisotopic (exact) mass is 489 g/mol. The van der Waals surface area contributed by atoms with Crippen molar-refractivity contribution in [3.63, 3.8) is 0 Å². The summed E-state index contributed by atoms with van der Waals surface area (Å²) >= 11 is 1.27. The van der Waals surface area contributed by atoms with Crippen LogP contribution < -0.4 is 14.9 Å². The van der Waals surface area contributed by atoms with E-state index in [0.29, 0.717) is 20.6 Å². The predicted octanol–water partition coefficient (Wildman–Crippen LogP) is 3.91. The van der Waals surface area contributed by atoms with E-state index in [9.17, 15) is 14.0 Å². The summed E-state index contributed by atoms with van der Waals surface area (Å²) in [5.74, 6) is -0.935. The quantitative estimate of drug-likeness (QED) is 0.399. The van der Waals surface area contributed by atoms with Crippen LogP contribution in [0.4, 0.5) is 4.39 Å². The number of aryl methyl sites for hydroxylation is 1. The lowest BCUT2D eigenvalue weighted by molar-refractivity contribution is -0.139. The highest BCUT2D eigenvalue weighted by Crippen LogP contribution is 2.31. The molecule has 0 saturated heterocycles. The number of esters is 1. The van der Waals surface area contributed by atoms with E-state index in [1.54, 1.807) is 26.0 Å². The van der Waals surface area contributed by atoms with Crippen molar-refractivity contribution in [1.29, 1.82) is 0 Å². The molecule has 6 nitrogen and oxygen atoms in total. The predicted molar refractivity (Wildman–Crippen MR) is 134 cm³/mol. The summed E-state index contributed by atoms with van der Waals surface area (Å²) in [4.78, 5) is 31.7. The van der Waals surface area contributed by atoms with Gasteiger partial charge in [0.2, 0.25) is 0 Å². The second-order valence-electron chi connectivity index (χ2n) is 8.24. The number of carbonyl (C=O) groups excluding carboxylic acids is 1. The molecule has 0 radical (unpaired) electrons. The first-order chi connectivity index (χ1) is 16.9. The van der Waals surface area contributed by atoms with Gasteiger partial charge in [-0.15, -0.1) is 0 Å². The molecule has 0 bridgehead atoms. The highest BCUT2D eigenvalue weighted by Gasteiger charge is 2.33. The Bertz CT molecular complexity index is 1660. The van der Waals surface area contributed by atoms with Crippen molar-refractivity contribution in [1.82, 2.24) is 9.13 Å². The number of benzene rings is 2. The molecule has 8 heteroatoms. The van der Waals surface area contributed by atoms with Crippen molar-refractivity contribution >= 4 is 34.3 Å². The Morgan fingerprint density at radius 3 is 2.63 bits per heavy atom. The number of thiazole rings is 1. The maximum atomic E-state index is 13.7. The van der Waals surface area contributed by atoms with Gasteiger partial charge in [0.15, 0.2) is 4.80 Å². The lowest BCUT2D eigenvalue weighted by atomic mass is 9.96. The highest BCUT2D eigenvalue weighted by molar-refractivity contribution is 7.07. The fourth-order valence-electron chi connectivity index (χ4n) is 4.55. The van der Waals surface area contributed by atoms with Gasteiger partial charge in [-0.1, -0.05) is 41.7 Å². The summed E-state index contributed by atoms with van der Waals surface area (Å²) in [6.45, 7) is 6.53. The van der Waals surface area contributed by atoms with E-state index in [0.717, 1.165) is 23.0 Å². The van der Waals surface area contributed by atoms with Crippen molar-refractivity contribution in [2.24, 2.45) is 4.99 Å². The molecule has 178 valence electrons. The van der Waals surface area contributed by atoms with Gasteiger partial charge in [-0.2, -0.15) is 0 Å². The second-order valence-corrected chi connectivity index (χ2v) is 9.25. The van der Waals surface area contributed by atoms with Crippen LogP contribution in [0, 0.1) is 5.82 Å². The number of halogens is 1. The van der Waals surface area contributed by atoms with E-state index in [4.69, 9.17) is 4.74 Å². The fraction of sp³-hybridized carbons (Fsp3) is 0.222. The van der Waals surface area contributed by atoms with Crippen LogP contribution in [0.2, 0.25) is 0 Å². The molecule has 2 aromatic heterocycles. The van der Waals surface area contributed by atoms with Crippen molar-refractivity contribution < 1.29 is 13.9 Å². The number of nitrogens with zero attached hydrogens (tertiary/aromatic N) is 3. The molecule has 3 heterocycles. The molecule has 0 unspecified atom stereocenters. The lowest BCUT2D eigenvalue weighted by Crippen LogP contribution is -2.39. The molecular formula is C27H24FN3O3S. The Kier molecular flexibility index (Phi) is 5.98. The Hall–Kier alpha value is -3.78. The highest BCUT2D eigenvalue weighted by atomic mass is 32.1. The molecule has 2 aromatic carbocycles. The van der Waals surface area contributed by atoms with Gasteiger partial charge in [0, 0.05) is 29.2 Å². The van der Waals surface area contributed by atoms with Crippen LogP contribution in [0.15, 0.2) is 75.8 Å². The molecule has 0 N–H and O–H groups in total. The first-order valence-corrected chi connectivity index (χ1v) is 12.3. The van der Waals surface area contributed by atoms with Crippen LogP contribution in [-0.4, -0.2) is 21.7 Å². The molecule has 1 atom stereocenters. The standard InChI is InChI=1S/C27H24FN3O3S/c1-4-30-15-18(20-8-6-7-9-21(20)30)14-22-25(32)31-24(17-10-12-19(28)13-11-17)23(26(33)34-5-2)16(3)29-27(31)35-22/h6-15,24H,4-5H2,1-3H3/b22-14-/t24-/m0/s1. The van der Waals surface area contributed by atoms with E-state index < -0.39 is 17.8 Å². The molecule has 4 aromatic rings. The van der Waals surface area contributed by atoms with Crippen LogP contribution >= 0.6 is 11.3 Å². The third-order valence-corrected chi connectivity index (χ3v) is 7.13. The zero-order chi connectivity index (χ0) is 24.7. The van der Waals surface area contributed by atoms with Crippen molar-refractivity contribution in [2.75, 3.05) is 6.61 Å². The van der Waals surface area contributed by atoms with Gasteiger partial charge in [0.1, 0.15) is 5.82 Å². The Labute approximate surface area is 204 Å². The van der Waals surface area contributed by atoms with Crippen LogP contribution in [0.25, 0.3) is 17.0 Å². The zero-order valence-electron chi connectivity index (χ0n) is 19.6. The molecule has 1 aliphatic rings. The van der Waals surface area contributed by atoms with Gasteiger partial charge >= 0.3 is 5.97 Å². The smallest absolute Gasteiger partial charge is 0.338 e. The minimum atomic E-state index is -0.759. The average Bonchev–Trinajstić information content (AvgIpc) is 3.36. The largest absolute Gasteiger partial charge is 0.463 e. The molecule has 0 aliphatic carbocycles. The minimum absolute atomic E-state index is 0.192. The van der Waals surface area contributed by atoms with Gasteiger partial charge in [-0.05, 0) is 50.6 Å². The van der Waals surface area contributed by atoms with Gasteiger partial charge < -0.3 is 9.30 Å². The summed E-state index contributed by atoms with van der Waals surface area (Å²) in [7, 11) is 0. The number of fused-ring (bicyclic) bond motifs is 2. The van der Waals surface area contributed by atoms with Crippen LogP contribution in [0.3, 0.4) is 0 Å². The summed E-state index contributed by atoms with van der Waals surface area (Å²) in [5, 5.41) is 1.05. The van der Waals surface area contributed by atoms with Crippen LogP contribution in [-0.2, 0) is 16.1 Å². The maximum absolute atomic E-state index is 13.7. The summed E-state index contributed by atoms with van der Waals surface area (Å²) < 4.78 is 23.2. The number of aromatic nitrogens is 2. The second kappa shape index (κ2) is 9.11. The molecule has 5 rings (SSSR count). The first kappa shape index (κ1) is 23.0. The molecule has 35 heavy (non-hydrogen) atoms. The normalized spacial score (nSPS) is 15.9. The zero-order valence-corrected chi connectivity index (χ0v) is 20.4. The summed E-state index contributed by atoms with van der Waals surface area (Å²) in [6, 6.07) is 13.1. The number of hydrogen-bond donors (Lipinski definition) is 0. The average molecular weight is 490 g/mol. The Balaban J connectivity index is 1.75. The van der Waals surface area contributed by atoms with Gasteiger partial charge in [0.25, 0.3) is 5.56 Å². The molecule has 1 aliphatic heterocycles. The molecule has 0 fully saturated rings. The van der Waals surface area contributed by atoms with E-state index in [1.807, 2.05) is 30.5 Å². The number of ether oxygens (including phenoxy) is 1. The number of hydrogen-bond acceptors (Lipinski definition) is 5. The number of allylic oxidation sites excluding steroid dienone is 1.